The van der Waals surface area contributed by atoms with E-state index in [0.717, 1.165) is 6.07 Å². The fourth-order valence-corrected chi connectivity index (χ4v) is 2.54. The monoisotopic (exact) mass is 383 g/mol. The lowest BCUT2D eigenvalue weighted by molar-refractivity contribution is -0.139. The van der Waals surface area contributed by atoms with Crippen LogP contribution in [0.3, 0.4) is 0 Å². The van der Waals surface area contributed by atoms with Crippen LogP contribution < -0.4 is 0 Å². The minimum Gasteiger partial charge on any atom is -0.481 e. The molecule has 0 amide bonds. The molecule has 2 rings (SSSR count). The van der Waals surface area contributed by atoms with E-state index < -0.39 is 24.1 Å². The molecule has 0 aliphatic carbocycles. The fraction of sp³-hybridized carbons (Fsp3) is 0.143. The standard InChI is InChI=1S/C14H7Cl3F3NO2/c15-9-2-1-8(11(16)12(9)17)13-6(4-10(22)23)3-7(5-21-13)14(18,19)20/h1-3,5H,4H2,(H,22,23). The van der Waals surface area contributed by atoms with Crippen molar-refractivity contribution in [2.75, 3.05) is 0 Å². The molecule has 0 aliphatic heterocycles. The lowest BCUT2D eigenvalue weighted by Crippen LogP contribution is -2.10. The van der Waals surface area contributed by atoms with Gasteiger partial charge in [0.25, 0.3) is 0 Å². The molecule has 122 valence electrons. The van der Waals surface area contributed by atoms with Crippen LogP contribution in [0.1, 0.15) is 11.1 Å². The highest BCUT2D eigenvalue weighted by Crippen LogP contribution is 2.39. The van der Waals surface area contributed by atoms with E-state index in [0.29, 0.717) is 6.20 Å². The van der Waals surface area contributed by atoms with E-state index in [1.807, 2.05) is 0 Å². The number of carboxylic acid groups (broad SMARTS) is 1. The maximum absolute atomic E-state index is 12.8. The van der Waals surface area contributed by atoms with Crippen LogP contribution in [0.2, 0.25) is 15.1 Å². The van der Waals surface area contributed by atoms with Crippen molar-refractivity contribution in [2.24, 2.45) is 0 Å². The summed E-state index contributed by atoms with van der Waals surface area (Å²) in [4.78, 5) is 14.7. The van der Waals surface area contributed by atoms with Gasteiger partial charge in [0.15, 0.2) is 0 Å². The highest BCUT2D eigenvalue weighted by atomic mass is 35.5. The predicted molar refractivity (Wildman–Crippen MR) is 81.0 cm³/mol. The van der Waals surface area contributed by atoms with E-state index in [1.54, 1.807) is 0 Å². The van der Waals surface area contributed by atoms with Gasteiger partial charge in [-0.05, 0) is 23.8 Å². The SMILES string of the molecule is O=C(O)Cc1cc(C(F)(F)F)cnc1-c1ccc(Cl)c(Cl)c1Cl. The first-order chi connectivity index (χ1) is 10.6. The molecule has 1 heterocycles. The number of aromatic nitrogens is 1. The molecule has 0 unspecified atom stereocenters. The number of hydrogen-bond donors (Lipinski definition) is 1. The fourth-order valence-electron chi connectivity index (χ4n) is 1.91. The Balaban J connectivity index is 2.67. The molecule has 0 fully saturated rings. The summed E-state index contributed by atoms with van der Waals surface area (Å²) in [5.74, 6) is -1.30. The molecule has 2 aromatic rings. The van der Waals surface area contributed by atoms with E-state index >= 15 is 0 Å². The van der Waals surface area contributed by atoms with Gasteiger partial charge in [0.05, 0.1) is 32.7 Å². The van der Waals surface area contributed by atoms with Crippen LogP contribution in [0.25, 0.3) is 11.3 Å². The number of carboxylic acids is 1. The van der Waals surface area contributed by atoms with Crippen molar-refractivity contribution in [3.8, 4) is 11.3 Å². The zero-order valence-electron chi connectivity index (χ0n) is 11.1. The molecule has 0 atom stereocenters. The van der Waals surface area contributed by atoms with Crippen LogP contribution in [0.5, 0.6) is 0 Å². The third kappa shape index (κ3) is 3.88. The molecule has 1 aromatic heterocycles. The minimum atomic E-state index is -4.64. The molecule has 0 radical (unpaired) electrons. The van der Waals surface area contributed by atoms with Gasteiger partial charge < -0.3 is 5.11 Å². The van der Waals surface area contributed by atoms with Crippen molar-refractivity contribution in [3.05, 3.63) is 50.6 Å². The first kappa shape index (κ1) is 17.8. The second-order valence-electron chi connectivity index (χ2n) is 4.52. The number of carbonyl (C=O) groups is 1. The summed E-state index contributed by atoms with van der Waals surface area (Å²) in [6.07, 6.45) is -4.68. The molecule has 0 bridgehead atoms. The molecule has 0 spiro atoms. The Morgan fingerprint density at radius 3 is 2.39 bits per heavy atom. The third-order valence-electron chi connectivity index (χ3n) is 2.93. The Hall–Kier alpha value is -1.50. The minimum absolute atomic E-state index is 0.00367. The zero-order chi connectivity index (χ0) is 17.4. The number of aliphatic carboxylic acids is 1. The highest BCUT2D eigenvalue weighted by molar-refractivity contribution is 6.49. The van der Waals surface area contributed by atoms with Gasteiger partial charge in [-0.3, -0.25) is 9.78 Å². The van der Waals surface area contributed by atoms with Crippen LogP contribution in [0.15, 0.2) is 24.4 Å². The Bertz CT molecular complexity index is 779. The number of halogens is 6. The number of alkyl halides is 3. The number of benzene rings is 1. The van der Waals surface area contributed by atoms with Crippen molar-refractivity contribution in [2.45, 2.75) is 12.6 Å². The summed E-state index contributed by atoms with van der Waals surface area (Å²) >= 11 is 17.8. The lowest BCUT2D eigenvalue weighted by atomic mass is 10.0. The van der Waals surface area contributed by atoms with Gasteiger partial charge in [-0.25, -0.2) is 0 Å². The number of pyridine rings is 1. The molecule has 3 nitrogen and oxygen atoms in total. The smallest absolute Gasteiger partial charge is 0.417 e. The van der Waals surface area contributed by atoms with Crippen molar-refractivity contribution < 1.29 is 23.1 Å². The van der Waals surface area contributed by atoms with E-state index in [-0.39, 0.29) is 31.9 Å². The zero-order valence-corrected chi connectivity index (χ0v) is 13.4. The molecule has 0 saturated heterocycles. The van der Waals surface area contributed by atoms with Crippen LogP contribution in [0.4, 0.5) is 13.2 Å². The van der Waals surface area contributed by atoms with Crippen molar-refractivity contribution >= 4 is 40.8 Å². The summed E-state index contributed by atoms with van der Waals surface area (Å²) in [5.41, 5.74) is -0.976. The average Bonchev–Trinajstić information content (AvgIpc) is 2.44. The van der Waals surface area contributed by atoms with E-state index in [2.05, 4.69) is 4.98 Å². The van der Waals surface area contributed by atoms with Gasteiger partial charge in [-0.1, -0.05) is 34.8 Å². The number of rotatable bonds is 3. The third-order valence-corrected chi connectivity index (χ3v) is 4.22. The Morgan fingerprint density at radius 1 is 1.17 bits per heavy atom. The second-order valence-corrected chi connectivity index (χ2v) is 5.69. The predicted octanol–water partition coefficient (Wildman–Crippen LogP) is 5.35. The largest absolute Gasteiger partial charge is 0.481 e. The summed E-state index contributed by atoms with van der Waals surface area (Å²) in [7, 11) is 0. The van der Waals surface area contributed by atoms with Crippen molar-refractivity contribution in [1.82, 2.24) is 4.98 Å². The highest BCUT2D eigenvalue weighted by Gasteiger charge is 2.32. The van der Waals surface area contributed by atoms with Gasteiger partial charge >= 0.3 is 12.1 Å². The average molecular weight is 385 g/mol. The Kier molecular flexibility index (Phi) is 5.08. The first-order valence-electron chi connectivity index (χ1n) is 6.03. The van der Waals surface area contributed by atoms with Crippen molar-refractivity contribution in [3.63, 3.8) is 0 Å². The topological polar surface area (TPSA) is 50.2 Å². The normalized spacial score (nSPS) is 11.6. The molecule has 0 aliphatic rings. The number of hydrogen-bond acceptors (Lipinski definition) is 2. The van der Waals surface area contributed by atoms with Gasteiger partial charge in [0.2, 0.25) is 0 Å². The van der Waals surface area contributed by atoms with Crippen LogP contribution in [-0.2, 0) is 17.4 Å². The molecule has 1 aromatic carbocycles. The molecular weight excluding hydrogens is 378 g/mol. The van der Waals surface area contributed by atoms with E-state index in [4.69, 9.17) is 39.9 Å². The van der Waals surface area contributed by atoms with Gasteiger partial charge in [-0.15, -0.1) is 0 Å². The molecule has 9 heteroatoms. The maximum atomic E-state index is 12.8. The van der Waals surface area contributed by atoms with Crippen LogP contribution >= 0.6 is 34.8 Å². The second kappa shape index (κ2) is 6.55. The Labute approximate surface area is 143 Å². The molecule has 23 heavy (non-hydrogen) atoms. The summed E-state index contributed by atoms with van der Waals surface area (Å²) in [6.45, 7) is 0. The quantitative estimate of drug-likeness (QED) is 0.725. The number of nitrogens with zero attached hydrogens (tertiary/aromatic N) is 1. The van der Waals surface area contributed by atoms with E-state index in [1.165, 1.54) is 12.1 Å². The molecule has 0 saturated carbocycles. The van der Waals surface area contributed by atoms with Crippen molar-refractivity contribution in [1.29, 1.82) is 0 Å². The molecule has 1 N–H and O–H groups in total. The molecular formula is C14H7Cl3F3NO2. The maximum Gasteiger partial charge on any atom is 0.417 e. The van der Waals surface area contributed by atoms with Crippen LogP contribution in [0, 0.1) is 0 Å². The van der Waals surface area contributed by atoms with Gasteiger partial charge in [0, 0.05) is 11.8 Å². The summed E-state index contributed by atoms with van der Waals surface area (Å²) in [5, 5.41) is 9.06. The lowest BCUT2D eigenvalue weighted by Gasteiger charge is -2.13. The van der Waals surface area contributed by atoms with Crippen LogP contribution in [-0.4, -0.2) is 16.1 Å². The van der Waals surface area contributed by atoms with Gasteiger partial charge in [0.1, 0.15) is 0 Å². The summed E-state index contributed by atoms with van der Waals surface area (Å²) in [6, 6.07) is 3.54. The van der Waals surface area contributed by atoms with E-state index in [9.17, 15) is 18.0 Å². The van der Waals surface area contributed by atoms with Gasteiger partial charge in [-0.2, -0.15) is 13.2 Å². The Morgan fingerprint density at radius 2 is 1.83 bits per heavy atom. The summed E-state index contributed by atoms with van der Waals surface area (Å²) < 4.78 is 38.4. The first-order valence-corrected chi connectivity index (χ1v) is 7.16.